The minimum atomic E-state index is 0.443. The van der Waals surface area contributed by atoms with Crippen molar-refractivity contribution in [2.75, 3.05) is 0 Å². The quantitative estimate of drug-likeness (QED) is 0.735. The molecule has 5 heteroatoms. The lowest BCUT2D eigenvalue weighted by molar-refractivity contribution is 1.08. The molecule has 72 valence electrons. The number of hydrogen-bond donors (Lipinski definition) is 1. The van der Waals surface area contributed by atoms with Crippen LogP contribution < -0.4 is 0 Å². The van der Waals surface area contributed by atoms with Gasteiger partial charge in [-0.1, -0.05) is 0 Å². The van der Waals surface area contributed by atoms with Crippen LogP contribution in [0.15, 0.2) is 30.9 Å². The van der Waals surface area contributed by atoms with Gasteiger partial charge in [-0.2, -0.15) is 10.4 Å². The second-order valence-corrected chi connectivity index (χ2v) is 2.78. The first kappa shape index (κ1) is 9.09. The molecule has 0 radical (unpaired) electrons. The molecule has 0 aromatic carbocycles. The molecule has 0 unspecified atom stereocenters. The maximum Gasteiger partial charge on any atom is 0.166 e. The summed E-state index contributed by atoms with van der Waals surface area (Å²) in [6.07, 6.45) is 6.43. The van der Waals surface area contributed by atoms with Gasteiger partial charge >= 0.3 is 0 Å². The molecule has 2 aromatic heterocycles. The van der Waals surface area contributed by atoms with Gasteiger partial charge in [-0.05, 0) is 23.8 Å². The van der Waals surface area contributed by atoms with Gasteiger partial charge in [-0.25, -0.2) is 4.98 Å². The van der Waals surface area contributed by atoms with Gasteiger partial charge in [-0.15, -0.1) is 0 Å². The molecule has 5 nitrogen and oxygen atoms in total. The van der Waals surface area contributed by atoms with Crippen molar-refractivity contribution in [1.29, 1.82) is 5.26 Å². The molecule has 0 aliphatic carbocycles. The van der Waals surface area contributed by atoms with E-state index in [1.54, 1.807) is 18.5 Å². The Morgan fingerprint density at radius 2 is 2.20 bits per heavy atom. The second kappa shape index (κ2) is 4.15. The predicted octanol–water partition coefficient (Wildman–Crippen LogP) is 1.26. The lowest BCUT2D eigenvalue weighted by Gasteiger charge is -1.93. The first-order valence-corrected chi connectivity index (χ1v) is 4.27. The van der Waals surface area contributed by atoms with Crippen LogP contribution in [0.2, 0.25) is 0 Å². The van der Waals surface area contributed by atoms with Crippen LogP contribution in [0.25, 0.3) is 11.6 Å². The van der Waals surface area contributed by atoms with Gasteiger partial charge < -0.3 is 0 Å². The largest absolute Gasteiger partial charge is 0.265 e. The number of H-pyrrole nitrogens is 1. The fourth-order valence-corrected chi connectivity index (χ4v) is 1.12. The van der Waals surface area contributed by atoms with Crippen molar-refractivity contribution in [2.45, 2.75) is 0 Å². The Bertz CT molecular complexity index is 492. The van der Waals surface area contributed by atoms with Gasteiger partial charge in [-0.3, -0.25) is 10.1 Å². The van der Waals surface area contributed by atoms with Crippen molar-refractivity contribution in [3.05, 3.63) is 42.2 Å². The van der Waals surface area contributed by atoms with Crippen molar-refractivity contribution < 1.29 is 0 Å². The number of nitrogens with zero attached hydrogens (tertiary/aromatic N) is 4. The van der Waals surface area contributed by atoms with Gasteiger partial charge in [0.2, 0.25) is 0 Å². The number of rotatable bonds is 2. The van der Waals surface area contributed by atoms with Crippen molar-refractivity contribution in [1.82, 2.24) is 20.2 Å². The van der Waals surface area contributed by atoms with Crippen molar-refractivity contribution in [3.8, 4) is 6.07 Å². The molecule has 2 heterocycles. The van der Waals surface area contributed by atoms with E-state index in [0.717, 1.165) is 5.56 Å². The number of aromatic amines is 1. The predicted molar refractivity (Wildman–Crippen MR) is 54.1 cm³/mol. The van der Waals surface area contributed by atoms with Crippen LogP contribution in [0.3, 0.4) is 0 Å². The summed E-state index contributed by atoms with van der Waals surface area (Å²) in [4.78, 5) is 7.80. The van der Waals surface area contributed by atoms with E-state index in [0.29, 0.717) is 11.4 Å². The Kier molecular flexibility index (Phi) is 2.52. The summed E-state index contributed by atoms with van der Waals surface area (Å²) in [5.41, 5.74) is 1.34. The van der Waals surface area contributed by atoms with Crippen LogP contribution in [0.4, 0.5) is 0 Å². The average molecular weight is 197 g/mol. The summed E-state index contributed by atoms with van der Waals surface area (Å²) in [6.45, 7) is 0. The standard InChI is InChI=1S/C10H7N5/c11-6-9(10-13-7-14-15-10)5-8-1-3-12-4-2-8/h1-5,7H,(H,13,14,15)/b9-5-. The molecule has 0 aliphatic heterocycles. The Balaban J connectivity index is 2.37. The molecule has 0 atom stereocenters. The fourth-order valence-electron chi connectivity index (χ4n) is 1.12. The summed E-state index contributed by atoms with van der Waals surface area (Å²) < 4.78 is 0. The summed E-state index contributed by atoms with van der Waals surface area (Å²) in [5, 5.41) is 15.3. The smallest absolute Gasteiger partial charge is 0.166 e. The molecule has 2 rings (SSSR count). The molecule has 0 fully saturated rings. The zero-order valence-electron chi connectivity index (χ0n) is 7.75. The first-order valence-electron chi connectivity index (χ1n) is 4.27. The zero-order chi connectivity index (χ0) is 10.5. The third-order valence-corrected chi connectivity index (χ3v) is 1.81. The van der Waals surface area contributed by atoms with Gasteiger partial charge in [0.15, 0.2) is 5.82 Å². The summed E-state index contributed by atoms with van der Waals surface area (Å²) in [7, 11) is 0. The number of pyridine rings is 1. The zero-order valence-corrected chi connectivity index (χ0v) is 7.75. The SMILES string of the molecule is N#C/C(=C/c1ccncc1)c1ncn[nH]1. The van der Waals surface area contributed by atoms with Crippen LogP contribution >= 0.6 is 0 Å². The van der Waals surface area contributed by atoms with E-state index in [-0.39, 0.29) is 0 Å². The Hall–Kier alpha value is -2.48. The highest BCUT2D eigenvalue weighted by molar-refractivity contribution is 5.86. The number of nitriles is 1. The molecule has 15 heavy (non-hydrogen) atoms. The average Bonchev–Trinajstić information content (AvgIpc) is 2.81. The monoisotopic (exact) mass is 197 g/mol. The normalized spacial score (nSPS) is 11.0. The molecular formula is C10H7N5. The molecule has 0 aliphatic rings. The van der Waals surface area contributed by atoms with Crippen LogP contribution in [-0.4, -0.2) is 20.2 Å². The third kappa shape index (κ3) is 2.06. The molecular weight excluding hydrogens is 190 g/mol. The molecule has 0 spiro atoms. The first-order chi connectivity index (χ1) is 7.40. The van der Waals surface area contributed by atoms with E-state index < -0.39 is 0 Å². The minimum absolute atomic E-state index is 0.443. The van der Waals surface area contributed by atoms with Crippen LogP contribution in [0.5, 0.6) is 0 Å². The van der Waals surface area contributed by atoms with Crippen molar-refractivity contribution in [3.63, 3.8) is 0 Å². The van der Waals surface area contributed by atoms with E-state index in [4.69, 9.17) is 5.26 Å². The summed E-state index contributed by atoms with van der Waals surface area (Å²) >= 11 is 0. The maximum absolute atomic E-state index is 8.94. The van der Waals surface area contributed by atoms with Gasteiger partial charge in [0.1, 0.15) is 12.4 Å². The van der Waals surface area contributed by atoms with E-state index in [9.17, 15) is 0 Å². The summed E-state index contributed by atoms with van der Waals surface area (Å²) in [5.74, 6) is 0.467. The van der Waals surface area contributed by atoms with Gasteiger partial charge in [0.05, 0.1) is 5.57 Å². The Labute approximate surface area is 86.1 Å². The number of aromatic nitrogens is 4. The van der Waals surface area contributed by atoms with E-state index in [1.165, 1.54) is 6.33 Å². The lowest BCUT2D eigenvalue weighted by atomic mass is 10.1. The van der Waals surface area contributed by atoms with E-state index in [2.05, 4.69) is 26.2 Å². The van der Waals surface area contributed by atoms with E-state index >= 15 is 0 Å². The Morgan fingerprint density at radius 3 is 2.80 bits per heavy atom. The number of hydrogen-bond acceptors (Lipinski definition) is 4. The van der Waals surface area contributed by atoms with Crippen LogP contribution in [0, 0.1) is 11.3 Å². The maximum atomic E-state index is 8.94. The number of nitrogens with one attached hydrogen (secondary N) is 1. The Morgan fingerprint density at radius 1 is 1.40 bits per heavy atom. The molecule has 0 bridgehead atoms. The van der Waals surface area contributed by atoms with Crippen molar-refractivity contribution in [2.24, 2.45) is 0 Å². The second-order valence-electron chi connectivity index (χ2n) is 2.78. The fraction of sp³-hybridized carbons (Fsp3) is 0. The lowest BCUT2D eigenvalue weighted by Crippen LogP contribution is -1.85. The molecule has 0 saturated heterocycles. The molecule has 2 aromatic rings. The van der Waals surface area contributed by atoms with Gasteiger partial charge in [0.25, 0.3) is 0 Å². The van der Waals surface area contributed by atoms with Crippen LogP contribution in [0.1, 0.15) is 11.4 Å². The number of allylic oxidation sites excluding steroid dienone is 1. The minimum Gasteiger partial charge on any atom is -0.265 e. The van der Waals surface area contributed by atoms with Crippen LogP contribution in [-0.2, 0) is 0 Å². The van der Waals surface area contributed by atoms with Crippen molar-refractivity contribution >= 4 is 11.6 Å². The summed E-state index contributed by atoms with van der Waals surface area (Å²) in [6, 6.07) is 5.69. The molecule has 1 N–H and O–H groups in total. The highest BCUT2D eigenvalue weighted by Crippen LogP contribution is 2.12. The highest BCUT2D eigenvalue weighted by Gasteiger charge is 2.02. The molecule has 0 saturated carbocycles. The highest BCUT2D eigenvalue weighted by atomic mass is 15.2. The molecule has 0 amide bonds. The van der Waals surface area contributed by atoms with E-state index in [1.807, 2.05) is 12.1 Å². The third-order valence-electron chi connectivity index (χ3n) is 1.81. The topological polar surface area (TPSA) is 78.2 Å². The van der Waals surface area contributed by atoms with Gasteiger partial charge in [0, 0.05) is 12.4 Å².